The first-order chi connectivity index (χ1) is 6.00. The molecule has 0 spiro atoms. The second kappa shape index (κ2) is 4.40. The molecule has 0 aromatic heterocycles. The van der Waals surface area contributed by atoms with Crippen molar-refractivity contribution < 1.29 is 14.7 Å². The third-order valence-electron chi connectivity index (χ3n) is 1.19. The van der Waals surface area contributed by atoms with Crippen LogP contribution in [0.15, 0.2) is 12.1 Å². The van der Waals surface area contributed by atoms with E-state index in [4.69, 9.17) is 44.9 Å². The Bertz CT molecular complexity index is 318. The summed E-state index contributed by atoms with van der Waals surface area (Å²) in [6.45, 7) is 0. The fourth-order valence-corrected chi connectivity index (χ4v) is 1.36. The Morgan fingerprint density at radius 2 is 1.77 bits per heavy atom. The monoisotopic (exact) mass is 240 g/mol. The largest absolute Gasteiger partial charge is 0.707 e. The van der Waals surface area contributed by atoms with Crippen LogP contribution in [0.1, 0.15) is 0 Å². The van der Waals surface area contributed by atoms with E-state index in [1.165, 1.54) is 12.1 Å². The van der Waals surface area contributed by atoms with Crippen LogP contribution in [0.2, 0.25) is 15.1 Å². The van der Waals surface area contributed by atoms with Crippen LogP contribution in [0, 0.1) is 0 Å². The molecule has 0 aliphatic rings. The van der Waals surface area contributed by atoms with Gasteiger partial charge in [0.15, 0.2) is 0 Å². The van der Waals surface area contributed by atoms with Gasteiger partial charge in [0.2, 0.25) is 0 Å². The molecule has 13 heavy (non-hydrogen) atoms. The van der Waals surface area contributed by atoms with Crippen molar-refractivity contribution in [1.82, 2.24) is 0 Å². The summed E-state index contributed by atoms with van der Waals surface area (Å²) in [6.07, 6.45) is 0. The maximum absolute atomic E-state index is 8.50. The Balaban J connectivity index is 3.05. The number of benzene rings is 1. The Morgan fingerprint density at radius 3 is 2.31 bits per heavy atom. The minimum absolute atomic E-state index is 0.0224. The van der Waals surface area contributed by atoms with E-state index in [0.29, 0.717) is 5.02 Å². The van der Waals surface area contributed by atoms with Crippen LogP contribution in [0.4, 0.5) is 0 Å². The maximum atomic E-state index is 8.50. The van der Waals surface area contributed by atoms with E-state index in [1.807, 2.05) is 0 Å². The summed E-state index contributed by atoms with van der Waals surface area (Å²) in [4.78, 5) is 0. The highest BCUT2D eigenvalue weighted by Crippen LogP contribution is 2.35. The minimum atomic E-state index is -1.95. The van der Waals surface area contributed by atoms with Crippen LogP contribution in [-0.2, 0) is 0 Å². The van der Waals surface area contributed by atoms with Gasteiger partial charge < -0.3 is 14.7 Å². The predicted octanol–water partition coefficient (Wildman–Crippen LogP) is 2.00. The molecule has 0 aliphatic carbocycles. The van der Waals surface area contributed by atoms with E-state index >= 15 is 0 Å². The molecule has 0 saturated carbocycles. The molecular formula is C6H4BCl3O3. The summed E-state index contributed by atoms with van der Waals surface area (Å²) in [5.41, 5.74) is 0. The van der Waals surface area contributed by atoms with Crippen LogP contribution in [0.5, 0.6) is 5.75 Å². The quantitative estimate of drug-likeness (QED) is 0.615. The van der Waals surface area contributed by atoms with Crippen molar-refractivity contribution in [2.45, 2.75) is 0 Å². The number of rotatable bonds is 2. The van der Waals surface area contributed by atoms with Gasteiger partial charge in [-0.25, -0.2) is 0 Å². The van der Waals surface area contributed by atoms with Gasteiger partial charge in [-0.3, -0.25) is 0 Å². The molecular weight excluding hydrogens is 237 g/mol. The fraction of sp³-hybridized carbons (Fsp3) is 0. The number of hydrogen-bond donors (Lipinski definition) is 2. The van der Waals surface area contributed by atoms with E-state index in [0.717, 1.165) is 0 Å². The van der Waals surface area contributed by atoms with E-state index in [2.05, 4.69) is 4.65 Å². The minimum Gasteiger partial charge on any atom is -0.511 e. The first-order valence-electron chi connectivity index (χ1n) is 3.18. The first kappa shape index (κ1) is 11.0. The summed E-state index contributed by atoms with van der Waals surface area (Å²) in [5.74, 6) is 0.0224. The average molecular weight is 241 g/mol. The highest BCUT2D eigenvalue weighted by Gasteiger charge is 2.16. The molecule has 0 unspecified atom stereocenters. The van der Waals surface area contributed by atoms with Gasteiger partial charge in [-0.1, -0.05) is 34.8 Å². The lowest BCUT2D eigenvalue weighted by Gasteiger charge is -2.08. The van der Waals surface area contributed by atoms with Crippen molar-refractivity contribution in [3.05, 3.63) is 27.2 Å². The van der Waals surface area contributed by atoms with Crippen molar-refractivity contribution in [1.29, 1.82) is 0 Å². The summed E-state index contributed by atoms with van der Waals surface area (Å²) < 4.78 is 4.52. The summed E-state index contributed by atoms with van der Waals surface area (Å²) in [7, 11) is -1.95. The number of halogens is 3. The maximum Gasteiger partial charge on any atom is 0.707 e. The Hall–Kier alpha value is -0.125. The molecule has 0 atom stereocenters. The van der Waals surface area contributed by atoms with Crippen LogP contribution in [0.3, 0.4) is 0 Å². The highest BCUT2D eigenvalue weighted by molar-refractivity contribution is 6.44. The van der Waals surface area contributed by atoms with E-state index in [1.54, 1.807) is 0 Å². The van der Waals surface area contributed by atoms with Crippen LogP contribution < -0.4 is 4.65 Å². The van der Waals surface area contributed by atoms with Crippen molar-refractivity contribution in [2.75, 3.05) is 0 Å². The fourth-order valence-electron chi connectivity index (χ4n) is 0.732. The number of hydrogen-bond acceptors (Lipinski definition) is 3. The first-order valence-corrected chi connectivity index (χ1v) is 4.31. The van der Waals surface area contributed by atoms with Gasteiger partial charge in [0.1, 0.15) is 5.75 Å². The highest BCUT2D eigenvalue weighted by atomic mass is 35.5. The summed E-state index contributed by atoms with van der Waals surface area (Å²) >= 11 is 16.9. The Labute approximate surface area is 90.0 Å². The molecule has 0 saturated heterocycles. The standard InChI is InChI=1S/C6H4BCl3O3/c8-3-1-4(9)6(10)5(2-3)13-7(11)12/h1-2,11-12H. The zero-order valence-corrected chi connectivity index (χ0v) is 8.44. The lowest BCUT2D eigenvalue weighted by molar-refractivity contribution is 0.288. The van der Waals surface area contributed by atoms with Gasteiger partial charge in [0.25, 0.3) is 0 Å². The van der Waals surface area contributed by atoms with E-state index in [-0.39, 0.29) is 15.8 Å². The van der Waals surface area contributed by atoms with Crippen molar-refractivity contribution >= 4 is 42.1 Å². The molecule has 3 nitrogen and oxygen atoms in total. The lowest BCUT2D eigenvalue weighted by atomic mass is 10.2. The SMILES string of the molecule is OB(O)Oc1cc(Cl)cc(Cl)c1Cl. The molecule has 1 aromatic rings. The molecule has 7 heteroatoms. The van der Waals surface area contributed by atoms with Crippen molar-refractivity contribution in [3.8, 4) is 5.75 Å². The molecule has 0 aliphatic heterocycles. The summed E-state index contributed by atoms with van der Waals surface area (Å²) in [5, 5.41) is 17.6. The zero-order chi connectivity index (χ0) is 10.0. The molecule has 0 amide bonds. The van der Waals surface area contributed by atoms with Gasteiger partial charge in [0, 0.05) is 5.02 Å². The summed E-state index contributed by atoms with van der Waals surface area (Å²) in [6, 6.07) is 2.75. The molecule has 0 radical (unpaired) electrons. The third kappa shape index (κ3) is 2.93. The lowest BCUT2D eigenvalue weighted by Crippen LogP contribution is -2.20. The third-order valence-corrected chi connectivity index (χ3v) is 2.19. The smallest absolute Gasteiger partial charge is 0.511 e. The molecule has 1 aromatic carbocycles. The van der Waals surface area contributed by atoms with E-state index < -0.39 is 7.32 Å². The molecule has 2 N–H and O–H groups in total. The van der Waals surface area contributed by atoms with Gasteiger partial charge >= 0.3 is 7.32 Å². The van der Waals surface area contributed by atoms with Crippen LogP contribution in [0.25, 0.3) is 0 Å². The second-order valence-corrected chi connectivity index (χ2v) is 3.37. The topological polar surface area (TPSA) is 49.7 Å². The molecule has 0 bridgehead atoms. The van der Waals surface area contributed by atoms with Crippen LogP contribution >= 0.6 is 34.8 Å². The molecule has 1 rings (SSSR count). The molecule has 70 valence electrons. The van der Waals surface area contributed by atoms with Crippen LogP contribution in [-0.4, -0.2) is 17.4 Å². The van der Waals surface area contributed by atoms with Crippen molar-refractivity contribution in [3.63, 3.8) is 0 Å². The van der Waals surface area contributed by atoms with Gasteiger partial charge in [-0.05, 0) is 12.1 Å². The molecule has 0 heterocycles. The van der Waals surface area contributed by atoms with E-state index in [9.17, 15) is 0 Å². The van der Waals surface area contributed by atoms with Crippen molar-refractivity contribution in [2.24, 2.45) is 0 Å². The zero-order valence-electron chi connectivity index (χ0n) is 6.17. The van der Waals surface area contributed by atoms with Gasteiger partial charge in [0.05, 0.1) is 10.0 Å². The molecule has 0 fully saturated rings. The second-order valence-electron chi connectivity index (χ2n) is 2.14. The van der Waals surface area contributed by atoms with Gasteiger partial charge in [-0.15, -0.1) is 0 Å². The predicted molar refractivity (Wildman–Crippen MR) is 52.3 cm³/mol. The Morgan fingerprint density at radius 1 is 1.15 bits per heavy atom. The average Bonchev–Trinajstić information content (AvgIpc) is 1.98. The Kier molecular flexibility index (Phi) is 3.70. The normalized spacial score (nSPS) is 9.92. The van der Waals surface area contributed by atoms with Gasteiger partial charge in [-0.2, -0.15) is 0 Å².